The second kappa shape index (κ2) is 11.2. The van der Waals surface area contributed by atoms with Crippen molar-refractivity contribution in [1.82, 2.24) is 14.5 Å². The molecule has 0 spiro atoms. The van der Waals surface area contributed by atoms with Gasteiger partial charge in [-0.25, -0.2) is 9.97 Å². The molecule has 9 aromatic rings. The van der Waals surface area contributed by atoms with Crippen molar-refractivity contribution in [2.24, 2.45) is 0 Å². The summed E-state index contributed by atoms with van der Waals surface area (Å²) >= 11 is 0. The summed E-state index contributed by atoms with van der Waals surface area (Å²) in [7, 11) is 0. The van der Waals surface area contributed by atoms with Crippen LogP contribution >= 0.6 is 0 Å². The maximum Gasteiger partial charge on any atom is 0.145 e. The zero-order valence-corrected chi connectivity index (χ0v) is 25.6. The first-order chi connectivity index (χ1) is 23.3. The Balaban J connectivity index is 1.23. The molecule has 0 saturated heterocycles. The van der Waals surface area contributed by atoms with Gasteiger partial charge in [-0.05, 0) is 64.0 Å². The van der Waals surface area contributed by atoms with Gasteiger partial charge in [0, 0.05) is 27.6 Å². The molecule has 47 heavy (non-hydrogen) atoms. The van der Waals surface area contributed by atoms with Crippen LogP contribution in [0.4, 0.5) is 0 Å². The Morgan fingerprint density at radius 2 is 0.894 bits per heavy atom. The topological polar surface area (TPSA) is 30.7 Å². The maximum absolute atomic E-state index is 5.38. The van der Waals surface area contributed by atoms with Crippen LogP contribution in [0.15, 0.2) is 176 Å². The molecule has 0 radical (unpaired) electrons. The standard InChI is InChI=1S/C44H29N3/c1-4-12-30(13-5-1)34-24-26-37-38-27-25-35(31-14-6-2-7-15-31)29-41(38)45-43(39(37)28-34)32-20-22-33(23-21-32)44-46-40-18-10-11-19-42(40)47(44)36-16-8-3-9-17-36/h1-29H. The van der Waals surface area contributed by atoms with Crippen LogP contribution in [0.5, 0.6) is 0 Å². The van der Waals surface area contributed by atoms with Crippen LogP contribution in [0.2, 0.25) is 0 Å². The highest BCUT2D eigenvalue weighted by Crippen LogP contribution is 2.38. The maximum atomic E-state index is 5.38. The van der Waals surface area contributed by atoms with Gasteiger partial charge in [-0.15, -0.1) is 0 Å². The normalized spacial score (nSPS) is 11.4. The van der Waals surface area contributed by atoms with Crippen LogP contribution in [0.1, 0.15) is 0 Å². The minimum absolute atomic E-state index is 0.916. The highest BCUT2D eigenvalue weighted by molar-refractivity contribution is 6.12. The molecular formula is C44H29N3. The van der Waals surface area contributed by atoms with E-state index in [1.165, 1.54) is 22.1 Å². The first kappa shape index (κ1) is 27.0. The number of benzene rings is 7. The Kier molecular flexibility index (Phi) is 6.46. The summed E-state index contributed by atoms with van der Waals surface area (Å²) in [6, 6.07) is 62.0. The number of para-hydroxylation sites is 3. The van der Waals surface area contributed by atoms with Gasteiger partial charge in [0.25, 0.3) is 0 Å². The van der Waals surface area contributed by atoms with Gasteiger partial charge in [0.05, 0.1) is 22.2 Å². The number of nitrogens with zero attached hydrogens (tertiary/aromatic N) is 3. The van der Waals surface area contributed by atoms with E-state index < -0.39 is 0 Å². The average Bonchev–Trinajstić information content (AvgIpc) is 3.55. The third kappa shape index (κ3) is 4.77. The molecule has 0 unspecified atom stereocenters. The first-order valence-electron chi connectivity index (χ1n) is 15.9. The summed E-state index contributed by atoms with van der Waals surface area (Å²) in [6.45, 7) is 0. The van der Waals surface area contributed by atoms with Crippen molar-refractivity contribution in [2.75, 3.05) is 0 Å². The van der Waals surface area contributed by atoms with Crippen molar-refractivity contribution in [3.8, 4) is 50.6 Å². The monoisotopic (exact) mass is 599 g/mol. The van der Waals surface area contributed by atoms with Gasteiger partial charge in [0.1, 0.15) is 5.82 Å². The van der Waals surface area contributed by atoms with E-state index in [-0.39, 0.29) is 0 Å². The Labute approximate surface area is 273 Å². The molecule has 0 aliphatic carbocycles. The number of rotatable bonds is 5. The number of imidazole rings is 1. The number of hydrogen-bond acceptors (Lipinski definition) is 2. The van der Waals surface area contributed by atoms with E-state index in [9.17, 15) is 0 Å². The molecule has 9 rings (SSSR count). The number of pyridine rings is 1. The molecule has 0 bridgehead atoms. The van der Waals surface area contributed by atoms with Gasteiger partial charge in [-0.2, -0.15) is 0 Å². The summed E-state index contributed by atoms with van der Waals surface area (Å²) in [5, 5.41) is 3.48. The molecular weight excluding hydrogens is 571 g/mol. The second-order valence-corrected chi connectivity index (χ2v) is 11.9. The minimum Gasteiger partial charge on any atom is -0.292 e. The largest absolute Gasteiger partial charge is 0.292 e. The molecule has 0 aliphatic heterocycles. The van der Waals surface area contributed by atoms with Gasteiger partial charge >= 0.3 is 0 Å². The third-order valence-corrected chi connectivity index (χ3v) is 9.00. The van der Waals surface area contributed by atoms with Gasteiger partial charge in [-0.3, -0.25) is 4.57 Å². The minimum atomic E-state index is 0.916. The molecule has 220 valence electrons. The quantitative estimate of drug-likeness (QED) is 0.184. The van der Waals surface area contributed by atoms with Gasteiger partial charge in [0.2, 0.25) is 0 Å². The molecule has 3 nitrogen and oxygen atoms in total. The molecule has 0 amide bonds. The first-order valence-corrected chi connectivity index (χ1v) is 15.9. The van der Waals surface area contributed by atoms with Crippen LogP contribution in [-0.4, -0.2) is 14.5 Å². The van der Waals surface area contributed by atoms with Crippen molar-refractivity contribution in [1.29, 1.82) is 0 Å². The lowest BCUT2D eigenvalue weighted by molar-refractivity contribution is 1.10. The Morgan fingerprint density at radius 1 is 0.340 bits per heavy atom. The second-order valence-electron chi connectivity index (χ2n) is 11.9. The van der Waals surface area contributed by atoms with Crippen LogP contribution in [-0.2, 0) is 0 Å². The molecule has 0 fully saturated rings. The van der Waals surface area contributed by atoms with Gasteiger partial charge in [0.15, 0.2) is 0 Å². The van der Waals surface area contributed by atoms with Crippen LogP contribution in [0, 0.1) is 0 Å². The van der Waals surface area contributed by atoms with Gasteiger partial charge in [-0.1, -0.05) is 140 Å². The van der Waals surface area contributed by atoms with Crippen LogP contribution < -0.4 is 0 Å². The zero-order chi connectivity index (χ0) is 31.2. The lowest BCUT2D eigenvalue weighted by Crippen LogP contribution is -1.97. The summed E-state index contributed by atoms with van der Waals surface area (Å²) in [6.07, 6.45) is 0. The lowest BCUT2D eigenvalue weighted by Gasteiger charge is -2.14. The Bertz CT molecular complexity index is 2530. The smallest absolute Gasteiger partial charge is 0.145 e. The number of hydrogen-bond donors (Lipinski definition) is 0. The summed E-state index contributed by atoms with van der Waals surface area (Å²) < 4.78 is 2.24. The molecule has 7 aromatic carbocycles. The van der Waals surface area contributed by atoms with Crippen LogP contribution in [0.3, 0.4) is 0 Å². The fraction of sp³-hybridized carbons (Fsp3) is 0. The molecule has 0 saturated carbocycles. The molecule has 0 aliphatic rings. The van der Waals surface area contributed by atoms with Crippen molar-refractivity contribution >= 4 is 32.7 Å². The predicted molar refractivity (Wildman–Crippen MR) is 196 cm³/mol. The average molecular weight is 600 g/mol. The van der Waals surface area contributed by atoms with E-state index in [1.54, 1.807) is 0 Å². The fourth-order valence-corrected chi connectivity index (χ4v) is 6.68. The Hall–Kier alpha value is -6.32. The Morgan fingerprint density at radius 3 is 1.60 bits per heavy atom. The molecule has 2 aromatic heterocycles. The predicted octanol–water partition coefficient (Wildman–Crippen LogP) is 11.4. The van der Waals surface area contributed by atoms with Gasteiger partial charge < -0.3 is 0 Å². The highest BCUT2D eigenvalue weighted by atomic mass is 15.1. The van der Waals surface area contributed by atoms with Crippen molar-refractivity contribution in [3.05, 3.63) is 176 Å². The van der Waals surface area contributed by atoms with Crippen molar-refractivity contribution < 1.29 is 0 Å². The molecule has 0 N–H and O–H groups in total. The highest BCUT2D eigenvalue weighted by Gasteiger charge is 2.16. The summed E-state index contributed by atoms with van der Waals surface area (Å²) in [4.78, 5) is 10.5. The third-order valence-electron chi connectivity index (χ3n) is 9.00. The van der Waals surface area contributed by atoms with Crippen molar-refractivity contribution in [2.45, 2.75) is 0 Å². The van der Waals surface area contributed by atoms with E-state index in [4.69, 9.17) is 9.97 Å². The fourth-order valence-electron chi connectivity index (χ4n) is 6.68. The zero-order valence-electron chi connectivity index (χ0n) is 25.6. The van der Waals surface area contributed by atoms with Crippen molar-refractivity contribution in [3.63, 3.8) is 0 Å². The van der Waals surface area contributed by atoms with Crippen LogP contribution in [0.25, 0.3) is 83.3 Å². The van der Waals surface area contributed by atoms with E-state index in [2.05, 4.69) is 168 Å². The van der Waals surface area contributed by atoms with E-state index in [0.717, 1.165) is 61.2 Å². The molecule has 3 heteroatoms. The van der Waals surface area contributed by atoms with E-state index in [1.807, 2.05) is 12.1 Å². The van der Waals surface area contributed by atoms with E-state index >= 15 is 0 Å². The number of fused-ring (bicyclic) bond motifs is 4. The lowest BCUT2D eigenvalue weighted by atomic mass is 9.94. The van der Waals surface area contributed by atoms with E-state index in [0.29, 0.717) is 0 Å². The molecule has 0 atom stereocenters. The summed E-state index contributed by atoms with van der Waals surface area (Å²) in [5.41, 5.74) is 11.9. The molecule has 2 heterocycles. The SMILES string of the molecule is c1ccc(-c2ccc3c(c2)nc(-c2ccc(-c4nc5ccccc5n4-c4ccccc4)cc2)c2cc(-c4ccccc4)ccc23)cc1. The summed E-state index contributed by atoms with van der Waals surface area (Å²) in [5.74, 6) is 0.916. The number of aromatic nitrogens is 3.